The number of nitrogens with one attached hydrogen (secondary N) is 2. The number of benzene rings is 1. The predicted octanol–water partition coefficient (Wildman–Crippen LogP) is -0.113. The minimum Gasteiger partial charge on any atom is -0.383 e. The Labute approximate surface area is 185 Å². The van der Waals surface area contributed by atoms with E-state index in [0.29, 0.717) is 25.3 Å². The molecule has 0 bridgehead atoms. The van der Waals surface area contributed by atoms with E-state index in [1.165, 1.54) is 0 Å². The summed E-state index contributed by atoms with van der Waals surface area (Å²) in [5.74, 6) is 0.906. The SMILES string of the molecule is CN=C(NCCc1cccc(C(=O)N(C)C)c1)N1CCN(CC(=O)NCCOC)CC1. The minimum absolute atomic E-state index is 0.0101. The summed E-state index contributed by atoms with van der Waals surface area (Å²) in [7, 11) is 6.92. The van der Waals surface area contributed by atoms with Gasteiger partial charge in [0.05, 0.1) is 13.2 Å². The van der Waals surface area contributed by atoms with E-state index in [1.807, 2.05) is 24.3 Å². The molecule has 2 amide bonds. The van der Waals surface area contributed by atoms with Crippen molar-refractivity contribution in [1.29, 1.82) is 0 Å². The second-order valence-corrected chi connectivity index (χ2v) is 7.73. The molecule has 1 saturated heterocycles. The molecule has 0 aromatic heterocycles. The summed E-state index contributed by atoms with van der Waals surface area (Å²) in [5.41, 5.74) is 1.81. The van der Waals surface area contributed by atoms with Crippen molar-refractivity contribution < 1.29 is 14.3 Å². The third-order valence-corrected chi connectivity index (χ3v) is 5.16. The summed E-state index contributed by atoms with van der Waals surface area (Å²) in [6, 6.07) is 7.75. The average molecular weight is 433 g/mol. The number of carbonyl (C=O) groups excluding carboxylic acids is 2. The number of hydrogen-bond donors (Lipinski definition) is 2. The first-order valence-electron chi connectivity index (χ1n) is 10.7. The van der Waals surface area contributed by atoms with E-state index in [9.17, 15) is 9.59 Å². The quantitative estimate of drug-likeness (QED) is 0.322. The fraction of sp³-hybridized carbons (Fsp3) is 0.591. The van der Waals surface area contributed by atoms with Crippen LogP contribution < -0.4 is 10.6 Å². The highest BCUT2D eigenvalue weighted by Gasteiger charge is 2.21. The molecule has 1 aromatic rings. The van der Waals surface area contributed by atoms with Crippen LogP contribution in [-0.4, -0.2) is 113 Å². The Kier molecular flexibility index (Phi) is 10.3. The molecule has 0 unspecified atom stereocenters. The normalized spacial score (nSPS) is 15.0. The Hall–Kier alpha value is -2.65. The van der Waals surface area contributed by atoms with Crippen molar-refractivity contribution >= 4 is 17.8 Å². The van der Waals surface area contributed by atoms with Gasteiger partial charge in [-0.2, -0.15) is 0 Å². The van der Waals surface area contributed by atoms with E-state index in [2.05, 4.69) is 25.4 Å². The van der Waals surface area contributed by atoms with Crippen LogP contribution in [0.1, 0.15) is 15.9 Å². The van der Waals surface area contributed by atoms with Gasteiger partial charge in [-0.25, -0.2) is 0 Å². The number of aliphatic imine (C=N–C) groups is 1. The van der Waals surface area contributed by atoms with Crippen LogP contribution in [0.15, 0.2) is 29.3 Å². The summed E-state index contributed by atoms with van der Waals surface area (Å²) in [5, 5.41) is 6.28. The van der Waals surface area contributed by atoms with Crippen LogP contribution in [0.2, 0.25) is 0 Å². The standard InChI is InChI=1S/C22H36N6O3/c1-23-22(25-9-8-18-6-5-7-19(16-18)21(30)26(2)3)28-13-11-27(12-14-28)17-20(29)24-10-15-31-4/h5-7,16H,8-15,17H2,1-4H3,(H,23,25)(H,24,29). The first kappa shape index (κ1) is 24.6. The fourth-order valence-electron chi connectivity index (χ4n) is 3.44. The lowest BCUT2D eigenvalue weighted by Crippen LogP contribution is -2.54. The molecule has 0 saturated carbocycles. The molecule has 1 heterocycles. The van der Waals surface area contributed by atoms with E-state index in [0.717, 1.165) is 50.7 Å². The molecule has 0 radical (unpaired) electrons. The molecule has 1 fully saturated rings. The molecule has 0 aliphatic carbocycles. The monoisotopic (exact) mass is 432 g/mol. The van der Waals surface area contributed by atoms with Crippen LogP contribution in [0, 0.1) is 0 Å². The molecule has 0 spiro atoms. The lowest BCUT2D eigenvalue weighted by molar-refractivity contribution is -0.122. The Morgan fingerprint density at radius 3 is 2.52 bits per heavy atom. The van der Waals surface area contributed by atoms with E-state index >= 15 is 0 Å². The number of rotatable bonds is 9. The third kappa shape index (κ3) is 8.18. The summed E-state index contributed by atoms with van der Waals surface area (Å²) in [6.45, 7) is 5.46. The molecule has 9 nitrogen and oxygen atoms in total. The molecule has 31 heavy (non-hydrogen) atoms. The third-order valence-electron chi connectivity index (χ3n) is 5.16. The maximum absolute atomic E-state index is 12.1. The number of hydrogen-bond acceptors (Lipinski definition) is 5. The highest BCUT2D eigenvalue weighted by Crippen LogP contribution is 2.08. The maximum Gasteiger partial charge on any atom is 0.253 e. The van der Waals surface area contributed by atoms with Gasteiger partial charge in [0.1, 0.15) is 0 Å². The second-order valence-electron chi connectivity index (χ2n) is 7.73. The van der Waals surface area contributed by atoms with E-state index in [-0.39, 0.29) is 11.8 Å². The van der Waals surface area contributed by atoms with Gasteiger partial charge >= 0.3 is 0 Å². The number of ether oxygens (including phenoxy) is 1. The summed E-state index contributed by atoms with van der Waals surface area (Å²) in [4.78, 5) is 34.5. The number of carbonyl (C=O) groups is 2. The Morgan fingerprint density at radius 2 is 1.87 bits per heavy atom. The van der Waals surface area contributed by atoms with Crippen LogP contribution in [0.5, 0.6) is 0 Å². The van der Waals surface area contributed by atoms with Crippen molar-refractivity contribution in [3.63, 3.8) is 0 Å². The topological polar surface area (TPSA) is 89.5 Å². The molecular formula is C22H36N6O3. The zero-order chi connectivity index (χ0) is 22.6. The predicted molar refractivity (Wildman–Crippen MR) is 122 cm³/mol. The van der Waals surface area contributed by atoms with Gasteiger partial charge in [0.15, 0.2) is 5.96 Å². The van der Waals surface area contributed by atoms with Crippen molar-refractivity contribution in [1.82, 2.24) is 25.3 Å². The molecule has 1 aliphatic rings. The summed E-state index contributed by atoms with van der Waals surface area (Å²) >= 11 is 0. The van der Waals surface area contributed by atoms with Crippen LogP contribution in [0.25, 0.3) is 0 Å². The lowest BCUT2D eigenvalue weighted by Gasteiger charge is -2.36. The molecule has 1 aromatic carbocycles. The number of piperazine rings is 1. The molecule has 2 N–H and O–H groups in total. The van der Waals surface area contributed by atoms with Crippen LogP contribution in [-0.2, 0) is 16.0 Å². The van der Waals surface area contributed by atoms with Gasteiger partial charge in [0.2, 0.25) is 5.91 Å². The largest absolute Gasteiger partial charge is 0.383 e. The smallest absolute Gasteiger partial charge is 0.253 e. The van der Waals surface area contributed by atoms with Gasteiger partial charge in [-0.05, 0) is 24.1 Å². The van der Waals surface area contributed by atoms with E-state index in [4.69, 9.17) is 4.74 Å². The van der Waals surface area contributed by atoms with E-state index in [1.54, 1.807) is 33.2 Å². The number of methoxy groups -OCH3 is 1. The zero-order valence-electron chi connectivity index (χ0n) is 19.2. The first-order chi connectivity index (χ1) is 14.9. The highest BCUT2D eigenvalue weighted by atomic mass is 16.5. The molecule has 2 rings (SSSR count). The second kappa shape index (κ2) is 12.9. The summed E-state index contributed by atoms with van der Waals surface area (Å²) < 4.78 is 4.95. The first-order valence-corrected chi connectivity index (χ1v) is 10.7. The Balaban J connectivity index is 1.75. The van der Waals surface area contributed by atoms with Crippen molar-refractivity contribution in [3.05, 3.63) is 35.4 Å². The molecule has 9 heteroatoms. The molecule has 0 atom stereocenters. The van der Waals surface area contributed by atoms with E-state index < -0.39 is 0 Å². The molecular weight excluding hydrogens is 396 g/mol. The van der Waals surface area contributed by atoms with Crippen molar-refractivity contribution in [2.45, 2.75) is 6.42 Å². The Bertz CT molecular complexity index is 745. The average Bonchev–Trinajstić information content (AvgIpc) is 2.77. The van der Waals surface area contributed by atoms with Gasteiger partial charge in [-0.1, -0.05) is 12.1 Å². The van der Waals surface area contributed by atoms with Crippen molar-refractivity contribution in [2.24, 2.45) is 4.99 Å². The lowest BCUT2D eigenvalue weighted by atomic mass is 10.1. The highest BCUT2D eigenvalue weighted by molar-refractivity contribution is 5.94. The number of nitrogens with zero attached hydrogens (tertiary/aromatic N) is 4. The molecule has 1 aliphatic heterocycles. The van der Waals surface area contributed by atoms with Gasteiger partial charge in [-0.3, -0.25) is 19.5 Å². The summed E-state index contributed by atoms with van der Waals surface area (Å²) in [6.07, 6.45) is 0.801. The number of guanidine groups is 1. The maximum atomic E-state index is 12.1. The molecule has 172 valence electrons. The van der Waals surface area contributed by atoms with Gasteiger partial charge < -0.3 is 25.2 Å². The Morgan fingerprint density at radius 1 is 1.13 bits per heavy atom. The van der Waals surface area contributed by atoms with Crippen LogP contribution in [0.4, 0.5) is 0 Å². The van der Waals surface area contributed by atoms with Crippen LogP contribution in [0.3, 0.4) is 0 Å². The van der Waals surface area contributed by atoms with Crippen LogP contribution >= 0.6 is 0 Å². The van der Waals surface area contributed by atoms with Gasteiger partial charge in [0.25, 0.3) is 5.91 Å². The zero-order valence-corrected chi connectivity index (χ0v) is 19.2. The van der Waals surface area contributed by atoms with Crippen molar-refractivity contribution in [3.8, 4) is 0 Å². The fourth-order valence-corrected chi connectivity index (χ4v) is 3.44. The number of amides is 2. The van der Waals surface area contributed by atoms with Gasteiger partial charge in [0, 0.05) is 73.1 Å². The van der Waals surface area contributed by atoms with Gasteiger partial charge in [-0.15, -0.1) is 0 Å². The van der Waals surface area contributed by atoms with Crippen molar-refractivity contribution in [2.75, 3.05) is 80.7 Å². The minimum atomic E-state index is 0.0101.